The molecule has 0 bridgehead atoms. The van der Waals surface area contributed by atoms with E-state index >= 15 is 0 Å². The quantitative estimate of drug-likeness (QED) is 0.859. The molecule has 20 heavy (non-hydrogen) atoms. The zero-order valence-corrected chi connectivity index (χ0v) is 12.3. The van der Waals surface area contributed by atoms with Gasteiger partial charge in [-0.15, -0.1) is 6.42 Å². The lowest BCUT2D eigenvalue weighted by Crippen LogP contribution is -2.47. The Labute approximate surface area is 120 Å². The molecule has 1 atom stereocenters. The van der Waals surface area contributed by atoms with Crippen LogP contribution in [-0.2, 0) is 11.2 Å². The van der Waals surface area contributed by atoms with Crippen LogP contribution in [0.15, 0.2) is 18.2 Å². The van der Waals surface area contributed by atoms with Gasteiger partial charge in [-0.1, -0.05) is 18.1 Å². The first-order chi connectivity index (χ1) is 9.36. The fourth-order valence-corrected chi connectivity index (χ4v) is 2.77. The van der Waals surface area contributed by atoms with Crippen molar-refractivity contribution in [1.29, 1.82) is 0 Å². The molecule has 0 aliphatic carbocycles. The van der Waals surface area contributed by atoms with Crippen LogP contribution < -0.4 is 4.90 Å². The first kappa shape index (κ1) is 14.5. The van der Waals surface area contributed by atoms with E-state index in [4.69, 9.17) is 11.5 Å². The van der Waals surface area contributed by atoms with Gasteiger partial charge in [-0.3, -0.25) is 4.79 Å². The predicted molar refractivity (Wildman–Crippen MR) is 81.1 cm³/mol. The lowest BCUT2D eigenvalue weighted by molar-refractivity contribution is -0.138. The molecule has 0 spiro atoms. The molecule has 1 N–H and O–H groups in total. The van der Waals surface area contributed by atoms with Crippen molar-refractivity contribution in [2.24, 2.45) is 0 Å². The summed E-state index contributed by atoms with van der Waals surface area (Å²) in [7, 11) is 0. The van der Waals surface area contributed by atoms with E-state index < -0.39 is 11.9 Å². The largest absolute Gasteiger partial charge is 0.481 e. The molecule has 3 nitrogen and oxygen atoms in total. The molecule has 0 saturated heterocycles. The third-order valence-electron chi connectivity index (χ3n) is 4.25. The third kappa shape index (κ3) is 2.51. The molecule has 1 unspecified atom stereocenters. The standard InChI is InChI=1S/C17H21NO2/c1-5-10-18-15-7-6-13(12(2)16(19)20)11-14(15)8-9-17(18,3)4/h1,6-7,11-12H,8-10H2,2-4H3,(H,19,20). The molecule has 1 aliphatic heterocycles. The second kappa shape index (κ2) is 5.20. The maximum Gasteiger partial charge on any atom is 0.310 e. The second-order valence-corrected chi connectivity index (χ2v) is 6.05. The van der Waals surface area contributed by atoms with Crippen LogP contribution in [0.25, 0.3) is 0 Å². The summed E-state index contributed by atoms with van der Waals surface area (Å²) in [6.07, 6.45) is 7.47. The molecular formula is C17H21NO2. The van der Waals surface area contributed by atoms with Crippen LogP contribution in [0, 0.1) is 12.3 Å². The van der Waals surface area contributed by atoms with Gasteiger partial charge in [0.25, 0.3) is 0 Å². The van der Waals surface area contributed by atoms with Crippen LogP contribution in [0.3, 0.4) is 0 Å². The smallest absolute Gasteiger partial charge is 0.310 e. The van der Waals surface area contributed by atoms with Crippen molar-refractivity contribution in [3.8, 4) is 12.3 Å². The van der Waals surface area contributed by atoms with Crippen LogP contribution in [0.2, 0.25) is 0 Å². The Kier molecular flexibility index (Phi) is 3.76. The Morgan fingerprint density at radius 1 is 1.55 bits per heavy atom. The molecular weight excluding hydrogens is 250 g/mol. The van der Waals surface area contributed by atoms with Crippen molar-refractivity contribution in [2.75, 3.05) is 11.4 Å². The molecule has 1 aromatic rings. The number of rotatable bonds is 3. The molecule has 0 aromatic heterocycles. The average molecular weight is 271 g/mol. The minimum absolute atomic E-state index is 0.0410. The van der Waals surface area contributed by atoms with Crippen LogP contribution in [0.5, 0.6) is 0 Å². The van der Waals surface area contributed by atoms with Crippen molar-refractivity contribution in [3.63, 3.8) is 0 Å². The Morgan fingerprint density at radius 3 is 2.85 bits per heavy atom. The van der Waals surface area contributed by atoms with E-state index in [-0.39, 0.29) is 5.54 Å². The van der Waals surface area contributed by atoms with Crippen molar-refractivity contribution in [2.45, 2.75) is 45.1 Å². The fourth-order valence-electron chi connectivity index (χ4n) is 2.77. The number of hydrogen-bond acceptors (Lipinski definition) is 2. The number of anilines is 1. The molecule has 0 amide bonds. The molecule has 0 saturated carbocycles. The number of aryl methyl sites for hydroxylation is 1. The summed E-state index contributed by atoms with van der Waals surface area (Å²) in [5.41, 5.74) is 3.24. The van der Waals surface area contributed by atoms with E-state index in [9.17, 15) is 4.79 Å². The van der Waals surface area contributed by atoms with Crippen LogP contribution in [-0.4, -0.2) is 23.2 Å². The summed E-state index contributed by atoms with van der Waals surface area (Å²) in [5.74, 6) is 1.46. The van der Waals surface area contributed by atoms with Gasteiger partial charge >= 0.3 is 5.97 Å². The van der Waals surface area contributed by atoms with Crippen molar-refractivity contribution in [3.05, 3.63) is 29.3 Å². The summed E-state index contributed by atoms with van der Waals surface area (Å²) >= 11 is 0. The molecule has 2 rings (SSSR count). The van der Waals surface area contributed by atoms with E-state index in [1.54, 1.807) is 6.92 Å². The minimum Gasteiger partial charge on any atom is -0.481 e. The summed E-state index contributed by atoms with van der Waals surface area (Å²) in [4.78, 5) is 13.3. The van der Waals surface area contributed by atoms with Gasteiger partial charge in [-0.2, -0.15) is 0 Å². The maximum atomic E-state index is 11.1. The van der Waals surface area contributed by atoms with Crippen molar-refractivity contribution in [1.82, 2.24) is 0 Å². The highest BCUT2D eigenvalue weighted by Gasteiger charge is 2.32. The van der Waals surface area contributed by atoms with Crippen LogP contribution in [0.4, 0.5) is 5.69 Å². The van der Waals surface area contributed by atoms with E-state index in [0.717, 1.165) is 24.1 Å². The Balaban J connectivity index is 2.42. The number of aliphatic carboxylic acids is 1. The van der Waals surface area contributed by atoms with E-state index in [1.807, 2.05) is 18.2 Å². The number of hydrogen-bond donors (Lipinski definition) is 1. The lowest BCUT2D eigenvalue weighted by atomic mass is 9.85. The van der Waals surface area contributed by atoms with E-state index in [2.05, 4.69) is 24.7 Å². The number of carbonyl (C=O) groups is 1. The monoisotopic (exact) mass is 271 g/mol. The number of carboxylic acids is 1. The molecule has 3 heteroatoms. The SMILES string of the molecule is C#CCN1c2ccc(C(C)C(=O)O)cc2CCC1(C)C. The van der Waals surface area contributed by atoms with E-state index in [1.165, 1.54) is 5.56 Å². The highest BCUT2D eigenvalue weighted by atomic mass is 16.4. The molecule has 1 heterocycles. The Hall–Kier alpha value is -1.95. The topological polar surface area (TPSA) is 40.5 Å². The van der Waals surface area contributed by atoms with Crippen LogP contribution >= 0.6 is 0 Å². The summed E-state index contributed by atoms with van der Waals surface area (Å²) < 4.78 is 0. The first-order valence-corrected chi connectivity index (χ1v) is 6.93. The number of nitrogens with zero attached hydrogens (tertiary/aromatic N) is 1. The third-order valence-corrected chi connectivity index (χ3v) is 4.25. The predicted octanol–water partition coefficient (Wildman–Crippen LogP) is 3.04. The number of fused-ring (bicyclic) bond motifs is 1. The molecule has 0 radical (unpaired) electrons. The highest BCUT2D eigenvalue weighted by Crippen LogP contribution is 2.37. The minimum atomic E-state index is -0.790. The van der Waals surface area contributed by atoms with Gasteiger partial charge in [0.2, 0.25) is 0 Å². The zero-order valence-electron chi connectivity index (χ0n) is 12.3. The second-order valence-electron chi connectivity index (χ2n) is 6.05. The fraction of sp³-hybridized carbons (Fsp3) is 0.471. The van der Waals surface area contributed by atoms with Gasteiger partial charge in [-0.05, 0) is 50.8 Å². The molecule has 106 valence electrons. The van der Waals surface area contributed by atoms with Crippen molar-refractivity contribution < 1.29 is 9.90 Å². The molecule has 0 fully saturated rings. The highest BCUT2D eigenvalue weighted by molar-refractivity contribution is 5.76. The first-order valence-electron chi connectivity index (χ1n) is 6.93. The number of carboxylic acid groups (broad SMARTS) is 1. The number of terminal acetylenes is 1. The summed E-state index contributed by atoms with van der Waals surface area (Å²) in [5, 5.41) is 9.12. The van der Waals surface area contributed by atoms with Crippen LogP contribution in [0.1, 0.15) is 44.2 Å². The van der Waals surface area contributed by atoms with E-state index in [0.29, 0.717) is 6.54 Å². The summed E-state index contributed by atoms with van der Waals surface area (Å²) in [6, 6.07) is 5.94. The summed E-state index contributed by atoms with van der Waals surface area (Å²) in [6.45, 7) is 6.69. The van der Waals surface area contributed by atoms with Gasteiger partial charge < -0.3 is 10.0 Å². The molecule has 1 aromatic carbocycles. The normalized spacial score (nSPS) is 18.0. The van der Waals surface area contributed by atoms with Gasteiger partial charge in [0.15, 0.2) is 0 Å². The van der Waals surface area contributed by atoms with Crippen molar-refractivity contribution >= 4 is 11.7 Å². The lowest BCUT2D eigenvalue weighted by Gasteiger charge is -2.44. The Bertz CT molecular complexity index is 569. The molecule has 1 aliphatic rings. The average Bonchev–Trinajstić information content (AvgIpc) is 2.40. The van der Waals surface area contributed by atoms with Gasteiger partial charge in [0.1, 0.15) is 0 Å². The zero-order chi connectivity index (χ0) is 14.9. The maximum absolute atomic E-state index is 11.1. The van der Waals surface area contributed by atoms with Gasteiger partial charge in [0, 0.05) is 11.2 Å². The van der Waals surface area contributed by atoms with Gasteiger partial charge in [-0.25, -0.2) is 0 Å². The Morgan fingerprint density at radius 2 is 2.25 bits per heavy atom. The van der Waals surface area contributed by atoms with Gasteiger partial charge in [0.05, 0.1) is 12.5 Å². The number of benzene rings is 1.